The summed E-state index contributed by atoms with van der Waals surface area (Å²) in [5.41, 5.74) is 0. The van der Waals surface area contributed by atoms with Gasteiger partial charge in [0, 0.05) is 6.42 Å². The number of esters is 1. The lowest BCUT2D eigenvalue weighted by molar-refractivity contribution is -0.205. The summed E-state index contributed by atoms with van der Waals surface area (Å²) in [6.45, 7) is 0.0255. The first kappa shape index (κ1) is 17.8. The molecule has 4 N–H and O–H groups in total. The van der Waals surface area contributed by atoms with Crippen LogP contribution >= 0.6 is 0 Å². The molecule has 1 aliphatic rings. The summed E-state index contributed by atoms with van der Waals surface area (Å²) in [6, 6.07) is 1.89. The van der Waals surface area contributed by atoms with E-state index in [0.717, 1.165) is 0 Å². The Balaban J connectivity index is 2.41. The second-order valence-electron chi connectivity index (χ2n) is 4.90. The summed E-state index contributed by atoms with van der Waals surface area (Å²) in [6.07, 6.45) is -2.69. The second-order valence-corrected chi connectivity index (χ2v) is 4.90. The van der Waals surface area contributed by atoms with Gasteiger partial charge in [0.1, 0.15) is 30.5 Å². The summed E-state index contributed by atoms with van der Waals surface area (Å²) in [5, 5.41) is 40.6. The molecule has 1 rings (SSSR count). The zero-order valence-electron chi connectivity index (χ0n) is 11.9. The van der Waals surface area contributed by atoms with Crippen LogP contribution in [0.3, 0.4) is 0 Å². The first-order valence-electron chi connectivity index (χ1n) is 6.87. The van der Waals surface area contributed by atoms with E-state index in [1.807, 2.05) is 6.07 Å². The molecule has 8 nitrogen and oxygen atoms in total. The van der Waals surface area contributed by atoms with Crippen LogP contribution in [0, 0.1) is 17.2 Å². The van der Waals surface area contributed by atoms with E-state index in [1.54, 1.807) is 0 Å². The third-order valence-corrected chi connectivity index (χ3v) is 3.46. The highest BCUT2D eigenvalue weighted by Crippen LogP contribution is 2.24. The van der Waals surface area contributed by atoms with Gasteiger partial charge in [0.15, 0.2) is 0 Å². The molecule has 120 valence electrons. The van der Waals surface area contributed by atoms with Crippen LogP contribution in [0.1, 0.15) is 19.3 Å². The molecule has 21 heavy (non-hydrogen) atoms. The van der Waals surface area contributed by atoms with Crippen LogP contribution < -0.4 is 5.32 Å². The Morgan fingerprint density at radius 3 is 2.67 bits per heavy atom. The largest absolute Gasteiger partial charge is 0.469 e. The number of aliphatic hydroxyl groups excluding tert-OH is 3. The Morgan fingerprint density at radius 1 is 1.38 bits per heavy atom. The molecule has 0 bridgehead atoms. The summed E-state index contributed by atoms with van der Waals surface area (Å²) >= 11 is 0. The number of nitrogens with one attached hydrogen (secondary N) is 1. The van der Waals surface area contributed by atoms with Crippen LogP contribution in [-0.2, 0) is 14.3 Å². The van der Waals surface area contributed by atoms with Crippen LogP contribution in [0.2, 0.25) is 0 Å². The molecule has 1 fully saturated rings. The number of ether oxygens (including phenoxy) is 2. The van der Waals surface area contributed by atoms with Crippen molar-refractivity contribution in [3.8, 4) is 6.07 Å². The highest BCUT2D eigenvalue weighted by atomic mass is 16.5. The normalized spacial score (nSPS) is 32.4. The number of unbranched alkanes of at least 4 members (excludes halogenated alkanes) is 1. The molecule has 0 aromatic carbocycles. The number of hydrogen-bond acceptors (Lipinski definition) is 8. The fourth-order valence-electron chi connectivity index (χ4n) is 2.18. The van der Waals surface area contributed by atoms with Gasteiger partial charge in [-0.25, -0.2) is 0 Å². The van der Waals surface area contributed by atoms with Gasteiger partial charge in [-0.15, -0.1) is 0 Å². The quantitative estimate of drug-likeness (QED) is 0.330. The molecule has 0 saturated carbocycles. The van der Waals surface area contributed by atoms with Gasteiger partial charge >= 0.3 is 5.97 Å². The molecule has 0 radical (unpaired) electrons. The molecule has 0 aliphatic carbocycles. The minimum atomic E-state index is -1.29. The Labute approximate surface area is 123 Å². The van der Waals surface area contributed by atoms with Crippen molar-refractivity contribution in [2.45, 2.75) is 43.8 Å². The van der Waals surface area contributed by atoms with Crippen molar-refractivity contribution in [2.24, 2.45) is 5.92 Å². The molecule has 0 aromatic heterocycles. The minimum Gasteiger partial charge on any atom is -0.469 e. The predicted molar refractivity (Wildman–Crippen MR) is 70.7 cm³/mol. The molecule has 0 spiro atoms. The lowest BCUT2D eigenvalue weighted by Gasteiger charge is -2.39. The van der Waals surface area contributed by atoms with Gasteiger partial charge in [-0.05, 0) is 19.4 Å². The average molecular weight is 302 g/mol. The molecular formula is C13H22N2O6. The summed E-state index contributed by atoms with van der Waals surface area (Å²) < 4.78 is 9.91. The maximum absolute atomic E-state index is 10.9. The fourth-order valence-corrected chi connectivity index (χ4v) is 2.18. The predicted octanol–water partition coefficient (Wildman–Crippen LogP) is -1.50. The van der Waals surface area contributed by atoms with Crippen molar-refractivity contribution in [2.75, 3.05) is 20.3 Å². The molecular weight excluding hydrogens is 280 g/mol. The number of carbonyl (C=O) groups excluding carboxylic acids is 1. The van der Waals surface area contributed by atoms with Crippen molar-refractivity contribution >= 4 is 5.97 Å². The zero-order chi connectivity index (χ0) is 15.8. The first-order valence-corrected chi connectivity index (χ1v) is 6.87. The van der Waals surface area contributed by atoms with Gasteiger partial charge in [-0.2, -0.15) is 5.26 Å². The van der Waals surface area contributed by atoms with E-state index in [1.165, 1.54) is 7.11 Å². The van der Waals surface area contributed by atoms with E-state index in [9.17, 15) is 15.0 Å². The second kappa shape index (κ2) is 8.92. The Kier molecular flexibility index (Phi) is 7.56. The standard InChI is InChI=1S/C13H22N2O6/c1-20-10(17)4-2-3-5-15-13-8(6-14)11(18)12(19)9(7-16)21-13/h8-9,11-13,15-16,18-19H,2-5,7H2,1H3. The molecule has 1 saturated heterocycles. The minimum absolute atomic E-state index is 0.280. The van der Waals surface area contributed by atoms with E-state index in [0.29, 0.717) is 25.8 Å². The maximum Gasteiger partial charge on any atom is 0.305 e. The Morgan fingerprint density at radius 2 is 2.10 bits per heavy atom. The fraction of sp³-hybridized carbons (Fsp3) is 0.846. The van der Waals surface area contributed by atoms with Crippen LogP contribution in [0.15, 0.2) is 0 Å². The smallest absolute Gasteiger partial charge is 0.305 e. The van der Waals surface area contributed by atoms with Crippen LogP contribution in [0.4, 0.5) is 0 Å². The van der Waals surface area contributed by atoms with E-state index >= 15 is 0 Å². The van der Waals surface area contributed by atoms with Gasteiger partial charge in [0.05, 0.1) is 19.8 Å². The Hall–Kier alpha value is -1.24. The monoisotopic (exact) mass is 302 g/mol. The van der Waals surface area contributed by atoms with E-state index < -0.39 is 37.1 Å². The van der Waals surface area contributed by atoms with Gasteiger partial charge in [-0.1, -0.05) is 0 Å². The SMILES string of the molecule is COC(=O)CCCCNC1OC(CO)C(O)C(O)C1C#N. The number of hydrogen-bond donors (Lipinski definition) is 4. The van der Waals surface area contributed by atoms with Gasteiger partial charge in [-0.3, -0.25) is 10.1 Å². The highest BCUT2D eigenvalue weighted by molar-refractivity contribution is 5.68. The number of methoxy groups -OCH3 is 1. The molecule has 0 aromatic rings. The first-order chi connectivity index (χ1) is 10.0. The summed E-state index contributed by atoms with van der Waals surface area (Å²) in [7, 11) is 1.33. The Bertz CT molecular complexity index is 372. The maximum atomic E-state index is 10.9. The number of nitrogens with zero attached hydrogens (tertiary/aromatic N) is 1. The third kappa shape index (κ3) is 4.91. The summed E-state index contributed by atoms with van der Waals surface area (Å²) in [5.74, 6) is -1.21. The molecule has 0 amide bonds. The molecule has 5 atom stereocenters. The van der Waals surface area contributed by atoms with E-state index in [2.05, 4.69) is 10.1 Å². The number of aliphatic hydroxyl groups is 3. The number of nitriles is 1. The molecule has 1 aliphatic heterocycles. The number of carbonyl (C=O) groups is 1. The van der Waals surface area contributed by atoms with Crippen LogP contribution in [0.5, 0.6) is 0 Å². The lowest BCUT2D eigenvalue weighted by atomic mass is 9.91. The van der Waals surface area contributed by atoms with Crippen LogP contribution in [0.25, 0.3) is 0 Å². The van der Waals surface area contributed by atoms with Crippen molar-refractivity contribution in [3.05, 3.63) is 0 Å². The zero-order valence-corrected chi connectivity index (χ0v) is 11.9. The van der Waals surface area contributed by atoms with Crippen molar-refractivity contribution in [1.82, 2.24) is 5.32 Å². The van der Waals surface area contributed by atoms with Gasteiger partial charge < -0.3 is 24.8 Å². The van der Waals surface area contributed by atoms with Crippen molar-refractivity contribution < 1.29 is 29.6 Å². The highest BCUT2D eigenvalue weighted by Gasteiger charge is 2.44. The topological polar surface area (TPSA) is 132 Å². The molecule has 5 unspecified atom stereocenters. The lowest BCUT2D eigenvalue weighted by Crippen LogP contribution is -2.59. The van der Waals surface area contributed by atoms with Gasteiger partial charge in [0.25, 0.3) is 0 Å². The van der Waals surface area contributed by atoms with E-state index in [-0.39, 0.29) is 5.97 Å². The van der Waals surface area contributed by atoms with E-state index in [4.69, 9.17) is 15.1 Å². The molecule has 1 heterocycles. The van der Waals surface area contributed by atoms with Gasteiger partial charge in [0.2, 0.25) is 0 Å². The summed E-state index contributed by atoms with van der Waals surface area (Å²) in [4.78, 5) is 10.9. The van der Waals surface area contributed by atoms with Crippen molar-refractivity contribution in [3.63, 3.8) is 0 Å². The van der Waals surface area contributed by atoms with Crippen molar-refractivity contribution in [1.29, 1.82) is 5.26 Å². The average Bonchev–Trinajstić information content (AvgIpc) is 2.49. The number of rotatable bonds is 7. The molecule has 8 heteroatoms. The van der Waals surface area contributed by atoms with Crippen LogP contribution in [-0.4, -0.2) is 66.1 Å². The third-order valence-electron chi connectivity index (χ3n) is 3.46.